The van der Waals surface area contributed by atoms with Gasteiger partial charge in [0.15, 0.2) is 6.10 Å². The van der Waals surface area contributed by atoms with Crippen LogP contribution in [0.15, 0.2) is 55.1 Å². The number of phenolic OH excluding ortho intramolecular Hbond substituents is 1. The lowest BCUT2D eigenvalue weighted by Crippen LogP contribution is -2.47. The third-order valence-corrected chi connectivity index (χ3v) is 4.26. The number of hydrogen-bond acceptors (Lipinski definition) is 3. The number of carbonyl (C=O) groups excluding carboxylic acids is 1. The summed E-state index contributed by atoms with van der Waals surface area (Å²) in [5.41, 5.74) is 2.93. The van der Waals surface area contributed by atoms with Gasteiger partial charge in [-0.05, 0) is 29.7 Å². The van der Waals surface area contributed by atoms with Crippen molar-refractivity contribution in [2.45, 2.75) is 25.9 Å². The van der Waals surface area contributed by atoms with Crippen molar-refractivity contribution in [1.29, 1.82) is 0 Å². The van der Waals surface area contributed by atoms with E-state index in [4.69, 9.17) is 4.74 Å². The van der Waals surface area contributed by atoms with E-state index >= 15 is 0 Å². The second-order valence-electron chi connectivity index (χ2n) is 5.82. The van der Waals surface area contributed by atoms with Crippen molar-refractivity contribution in [2.75, 3.05) is 11.4 Å². The van der Waals surface area contributed by atoms with Crippen LogP contribution in [0, 0.1) is 0 Å². The van der Waals surface area contributed by atoms with Crippen LogP contribution in [-0.4, -0.2) is 23.7 Å². The number of nitrogens with zero attached hydrogens (tertiary/aromatic N) is 1. The summed E-state index contributed by atoms with van der Waals surface area (Å²) in [6.07, 6.45) is 2.54. The molecule has 0 radical (unpaired) electrons. The molecule has 1 aliphatic heterocycles. The monoisotopic (exact) mass is 323 g/mol. The lowest BCUT2D eigenvalue weighted by molar-refractivity contribution is -0.126. The molecule has 1 heterocycles. The van der Waals surface area contributed by atoms with Crippen molar-refractivity contribution in [1.82, 2.24) is 0 Å². The van der Waals surface area contributed by atoms with E-state index in [2.05, 4.69) is 19.6 Å². The molecule has 1 unspecified atom stereocenters. The normalized spacial score (nSPS) is 16.5. The van der Waals surface area contributed by atoms with E-state index in [1.54, 1.807) is 29.2 Å². The number of hydrogen-bond donors (Lipinski definition) is 1. The highest BCUT2D eigenvalue weighted by atomic mass is 16.5. The Morgan fingerprint density at radius 3 is 2.71 bits per heavy atom. The standard InChI is InChI=1S/C20H21NO3/c1-3-11-21-17-13-16(22)9-10-18(17)24-19(20(21)23)12-15-8-6-5-7-14(15)4-2/h3,5-10,13,19,22H,1,4,11-12H2,2H3. The molecule has 0 bridgehead atoms. The molecule has 1 amide bonds. The van der Waals surface area contributed by atoms with E-state index in [1.165, 1.54) is 5.56 Å². The number of carbonyl (C=O) groups is 1. The summed E-state index contributed by atoms with van der Waals surface area (Å²) in [6, 6.07) is 12.9. The van der Waals surface area contributed by atoms with Crippen LogP contribution in [0.1, 0.15) is 18.1 Å². The van der Waals surface area contributed by atoms with Crippen LogP contribution in [0.4, 0.5) is 5.69 Å². The fraction of sp³-hybridized carbons (Fsp3) is 0.250. The smallest absolute Gasteiger partial charge is 0.268 e. The summed E-state index contributed by atoms with van der Waals surface area (Å²) >= 11 is 0. The Labute approximate surface area is 142 Å². The molecule has 1 atom stereocenters. The van der Waals surface area contributed by atoms with E-state index in [0.717, 1.165) is 12.0 Å². The summed E-state index contributed by atoms with van der Waals surface area (Å²) < 4.78 is 5.94. The third-order valence-electron chi connectivity index (χ3n) is 4.26. The predicted molar refractivity (Wildman–Crippen MR) is 94.6 cm³/mol. The molecular weight excluding hydrogens is 302 g/mol. The number of fused-ring (bicyclic) bond motifs is 1. The Balaban J connectivity index is 1.94. The number of aryl methyl sites for hydroxylation is 1. The van der Waals surface area contributed by atoms with Crippen LogP contribution in [0.5, 0.6) is 11.5 Å². The fourth-order valence-electron chi connectivity index (χ4n) is 3.06. The summed E-state index contributed by atoms with van der Waals surface area (Å²) in [7, 11) is 0. The topological polar surface area (TPSA) is 49.8 Å². The molecule has 0 aliphatic carbocycles. The molecule has 24 heavy (non-hydrogen) atoms. The molecule has 0 saturated carbocycles. The van der Waals surface area contributed by atoms with E-state index in [0.29, 0.717) is 24.4 Å². The maximum absolute atomic E-state index is 12.9. The zero-order chi connectivity index (χ0) is 17.1. The highest BCUT2D eigenvalue weighted by molar-refractivity contribution is 6.00. The number of phenols is 1. The number of rotatable bonds is 5. The Morgan fingerprint density at radius 2 is 2.00 bits per heavy atom. The number of ether oxygens (including phenoxy) is 1. The fourth-order valence-corrected chi connectivity index (χ4v) is 3.06. The molecule has 4 nitrogen and oxygen atoms in total. The summed E-state index contributed by atoms with van der Waals surface area (Å²) in [4.78, 5) is 14.5. The first-order valence-electron chi connectivity index (χ1n) is 8.12. The van der Waals surface area contributed by atoms with Crippen molar-refractivity contribution < 1.29 is 14.6 Å². The minimum Gasteiger partial charge on any atom is -0.508 e. The van der Waals surface area contributed by atoms with Crippen LogP contribution in [0.25, 0.3) is 0 Å². The van der Waals surface area contributed by atoms with Gasteiger partial charge in [0.25, 0.3) is 5.91 Å². The number of aromatic hydroxyl groups is 1. The minimum absolute atomic E-state index is 0.106. The van der Waals surface area contributed by atoms with Gasteiger partial charge in [-0.1, -0.05) is 37.3 Å². The summed E-state index contributed by atoms with van der Waals surface area (Å²) in [6.45, 7) is 6.20. The number of amides is 1. The molecule has 2 aromatic carbocycles. The van der Waals surface area contributed by atoms with Gasteiger partial charge in [0, 0.05) is 19.0 Å². The SMILES string of the molecule is C=CCN1C(=O)C(Cc2ccccc2CC)Oc2ccc(O)cc21. The van der Waals surface area contributed by atoms with Gasteiger partial charge in [0.1, 0.15) is 11.5 Å². The van der Waals surface area contributed by atoms with Crippen LogP contribution in [-0.2, 0) is 17.6 Å². The largest absolute Gasteiger partial charge is 0.508 e. The maximum Gasteiger partial charge on any atom is 0.268 e. The van der Waals surface area contributed by atoms with Gasteiger partial charge < -0.3 is 14.7 Å². The Bertz CT molecular complexity index is 769. The Morgan fingerprint density at radius 1 is 1.25 bits per heavy atom. The highest BCUT2D eigenvalue weighted by Gasteiger charge is 2.34. The first-order valence-corrected chi connectivity index (χ1v) is 8.12. The molecule has 2 aromatic rings. The van der Waals surface area contributed by atoms with Crippen LogP contribution >= 0.6 is 0 Å². The first-order chi connectivity index (χ1) is 11.6. The van der Waals surface area contributed by atoms with Gasteiger partial charge in [0.2, 0.25) is 0 Å². The minimum atomic E-state index is -0.574. The average molecular weight is 323 g/mol. The molecule has 0 spiro atoms. The lowest BCUT2D eigenvalue weighted by atomic mass is 9.98. The third kappa shape index (κ3) is 3.00. The molecule has 0 saturated heterocycles. The number of benzene rings is 2. The van der Waals surface area contributed by atoms with Crippen molar-refractivity contribution in [3.63, 3.8) is 0 Å². The van der Waals surface area contributed by atoms with Gasteiger partial charge in [-0.3, -0.25) is 4.79 Å². The van der Waals surface area contributed by atoms with Crippen LogP contribution < -0.4 is 9.64 Å². The lowest BCUT2D eigenvalue weighted by Gasteiger charge is -2.34. The molecule has 1 aliphatic rings. The Hall–Kier alpha value is -2.75. The average Bonchev–Trinajstić information content (AvgIpc) is 2.59. The molecule has 1 N–H and O–H groups in total. The molecular formula is C20H21NO3. The van der Waals surface area contributed by atoms with E-state index in [9.17, 15) is 9.90 Å². The van der Waals surface area contributed by atoms with E-state index in [1.807, 2.05) is 18.2 Å². The molecule has 3 rings (SSSR count). The second kappa shape index (κ2) is 6.79. The van der Waals surface area contributed by atoms with Gasteiger partial charge in [-0.25, -0.2) is 0 Å². The molecule has 124 valence electrons. The van der Waals surface area contributed by atoms with Crippen molar-refractivity contribution in [3.8, 4) is 11.5 Å². The van der Waals surface area contributed by atoms with E-state index in [-0.39, 0.29) is 11.7 Å². The molecule has 0 aromatic heterocycles. The van der Waals surface area contributed by atoms with Crippen LogP contribution in [0.3, 0.4) is 0 Å². The summed E-state index contributed by atoms with van der Waals surface area (Å²) in [5.74, 6) is 0.598. The highest BCUT2D eigenvalue weighted by Crippen LogP contribution is 2.37. The number of anilines is 1. The van der Waals surface area contributed by atoms with Gasteiger partial charge in [-0.2, -0.15) is 0 Å². The predicted octanol–water partition coefficient (Wildman–Crippen LogP) is 3.48. The summed E-state index contributed by atoms with van der Waals surface area (Å²) in [5, 5.41) is 9.71. The molecule has 4 heteroatoms. The van der Waals surface area contributed by atoms with Gasteiger partial charge >= 0.3 is 0 Å². The quantitative estimate of drug-likeness (QED) is 0.857. The first kappa shape index (κ1) is 16.1. The van der Waals surface area contributed by atoms with Gasteiger partial charge in [0.05, 0.1) is 5.69 Å². The van der Waals surface area contributed by atoms with Crippen molar-refractivity contribution >= 4 is 11.6 Å². The van der Waals surface area contributed by atoms with Crippen molar-refractivity contribution in [2.24, 2.45) is 0 Å². The Kier molecular flexibility index (Phi) is 4.56. The second-order valence-corrected chi connectivity index (χ2v) is 5.82. The molecule has 0 fully saturated rings. The maximum atomic E-state index is 12.9. The zero-order valence-electron chi connectivity index (χ0n) is 13.7. The van der Waals surface area contributed by atoms with E-state index < -0.39 is 6.10 Å². The van der Waals surface area contributed by atoms with Crippen LogP contribution in [0.2, 0.25) is 0 Å². The zero-order valence-corrected chi connectivity index (χ0v) is 13.7. The van der Waals surface area contributed by atoms with Crippen molar-refractivity contribution in [3.05, 3.63) is 66.2 Å². The van der Waals surface area contributed by atoms with Gasteiger partial charge in [-0.15, -0.1) is 6.58 Å².